The highest BCUT2D eigenvalue weighted by Gasteiger charge is 2.35. The fourth-order valence-electron chi connectivity index (χ4n) is 1.30. The second kappa shape index (κ2) is 4.52. The van der Waals surface area contributed by atoms with Gasteiger partial charge in [-0.2, -0.15) is 13.2 Å². The monoisotopic (exact) mass is 250 g/mol. The molecule has 0 heterocycles. The van der Waals surface area contributed by atoms with Crippen LogP contribution in [-0.4, -0.2) is 23.3 Å². The van der Waals surface area contributed by atoms with Crippen LogP contribution in [0.3, 0.4) is 0 Å². The molecule has 0 saturated carbocycles. The number of methoxy groups -OCH3 is 1. The van der Waals surface area contributed by atoms with Gasteiger partial charge in [-0.15, -0.1) is 0 Å². The Morgan fingerprint density at radius 3 is 2.41 bits per heavy atom. The summed E-state index contributed by atoms with van der Waals surface area (Å²) in [6.45, 7) is 0. The van der Waals surface area contributed by atoms with E-state index in [2.05, 4.69) is 4.74 Å². The van der Waals surface area contributed by atoms with E-state index >= 15 is 0 Å². The Labute approximate surface area is 94.3 Å². The van der Waals surface area contributed by atoms with E-state index in [0.29, 0.717) is 6.07 Å². The third kappa shape index (κ3) is 3.02. The number of carbonyl (C=O) groups is 1. The van der Waals surface area contributed by atoms with Crippen LogP contribution in [0.25, 0.3) is 0 Å². The quantitative estimate of drug-likeness (QED) is 0.861. The lowest BCUT2D eigenvalue weighted by Crippen LogP contribution is -2.09. The number of ether oxygens (including phenoxy) is 1. The Kier molecular flexibility index (Phi) is 3.50. The minimum Gasteiger partial charge on any atom is -0.507 e. The predicted octanol–water partition coefficient (Wildman–Crippen LogP) is 2.05. The first kappa shape index (κ1) is 13.1. The number of alkyl halides is 3. The molecule has 94 valence electrons. The zero-order valence-electron chi connectivity index (χ0n) is 8.71. The molecular weight excluding hydrogens is 241 g/mol. The normalized spacial score (nSPS) is 11.3. The number of hydrogen-bond acceptors (Lipinski definition) is 3. The number of carboxylic acids is 1. The first-order chi connectivity index (χ1) is 7.75. The topological polar surface area (TPSA) is 66.8 Å². The summed E-state index contributed by atoms with van der Waals surface area (Å²) in [6.07, 6.45) is -5.49. The zero-order valence-corrected chi connectivity index (χ0v) is 8.71. The van der Waals surface area contributed by atoms with E-state index in [4.69, 9.17) is 5.11 Å². The first-order valence-electron chi connectivity index (χ1n) is 4.44. The van der Waals surface area contributed by atoms with E-state index in [1.807, 2.05) is 0 Å². The second-order valence-corrected chi connectivity index (χ2v) is 3.25. The summed E-state index contributed by atoms with van der Waals surface area (Å²) in [4.78, 5) is 10.4. The van der Waals surface area contributed by atoms with Crippen LogP contribution < -0.4 is 4.74 Å². The first-order valence-corrected chi connectivity index (χ1v) is 4.44. The average molecular weight is 250 g/mol. The molecular formula is C10H9F3O4. The third-order valence-electron chi connectivity index (χ3n) is 2.05. The average Bonchev–Trinajstić information content (AvgIpc) is 2.18. The molecule has 17 heavy (non-hydrogen) atoms. The highest BCUT2D eigenvalue weighted by molar-refractivity contribution is 5.72. The SMILES string of the molecule is COc1cc(CC(=O)O)c(O)c(C(F)(F)F)c1. The number of halogens is 3. The van der Waals surface area contributed by atoms with E-state index < -0.39 is 29.9 Å². The van der Waals surface area contributed by atoms with Crippen molar-refractivity contribution < 1.29 is 32.9 Å². The standard InChI is InChI=1S/C10H9F3O4/c1-17-6-2-5(3-8(14)15)9(16)7(4-6)10(11,12)13/h2,4,16H,3H2,1H3,(H,14,15). The van der Waals surface area contributed by atoms with Crippen LogP contribution in [0.4, 0.5) is 13.2 Å². The third-order valence-corrected chi connectivity index (χ3v) is 2.05. The molecule has 0 radical (unpaired) electrons. The summed E-state index contributed by atoms with van der Waals surface area (Å²) in [7, 11) is 1.15. The summed E-state index contributed by atoms with van der Waals surface area (Å²) < 4.78 is 42.2. The van der Waals surface area contributed by atoms with Gasteiger partial charge >= 0.3 is 12.1 Å². The minimum absolute atomic E-state index is 0.161. The van der Waals surface area contributed by atoms with Gasteiger partial charge in [0.25, 0.3) is 0 Å². The summed E-state index contributed by atoms with van der Waals surface area (Å²) >= 11 is 0. The van der Waals surface area contributed by atoms with Crippen molar-refractivity contribution in [2.24, 2.45) is 0 Å². The molecule has 0 saturated heterocycles. The van der Waals surface area contributed by atoms with Crippen LogP contribution in [-0.2, 0) is 17.4 Å². The molecule has 0 spiro atoms. The molecule has 0 aliphatic carbocycles. The van der Waals surface area contributed by atoms with E-state index in [0.717, 1.165) is 13.2 Å². The van der Waals surface area contributed by atoms with Crippen molar-refractivity contribution in [2.45, 2.75) is 12.6 Å². The maximum atomic E-state index is 12.5. The van der Waals surface area contributed by atoms with Gasteiger partial charge in [0.05, 0.1) is 13.5 Å². The predicted molar refractivity (Wildman–Crippen MR) is 51.0 cm³/mol. The molecule has 0 atom stereocenters. The summed E-state index contributed by atoms with van der Waals surface area (Å²) in [6, 6.07) is 1.67. The zero-order chi connectivity index (χ0) is 13.2. The van der Waals surface area contributed by atoms with Gasteiger partial charge in [-0.1, -0.05) is 0 Å². The molecule has 0 unspecified atom stereocenters. The molecule has 2 N–H and O–H groups in total. The number of rotatable bonds is 3. The molecule has 0 aliphatic heterocycles. The van der Waals surface area contributed by atoms with Gasteiger partial charge in [0.1, 0.15) is 17.1 Å². The molecule has 0 aromatic heterocycles. The van der Waals surface area contributed by atoms with Crippen molar-refractivity contribution in [3.8, 4) is 11.5 Å². The van der Waals surface area contributed by atoms with Crippen LogP contribution >= 0.6 is 0 Å². The Balaban J connectivity index is 3.36. The number of phenols is 1. The molecule has 7 heteroatoms. The van der Waals surface area contributed by atoms with Crippen molar-refractivity contribution in [1.29, 1.82) is 0 Å². The van der Waals surface area contributed by atoms with Gasteiger partial charge in [-0.25, -0.2) is 0 Å². The number of benzene rings is 1. The van der Waals surface area contributed by atoms with Crippen LogP contribution in [0.1, 0.15) is 11.1 Å². The van der Waals surface area contributed by atoms with Gasteiger partial charge in [0, 0.05) is 5.56 Å². The molecule has 1 aromatic carbocycles. The lowest BCUT2D eigenvalue weighted by Gasteiger charge is -2.13. The Hall–Kier alpha value is -1.92. The second-order valence-electron chi connectivity index (χ2n) is 3.25. The van der Waals surface area contributed by atoms with Gasteiger partial charge in [0.15, 0.2) is 0 Å². The van der Waals surface area contributed by atoms with E-state index in [1.54, 1.807) is 0 Å². The summed E-state index contributed by atoms with van der Waals surface area (Å²) in [5.74, 6) is -2.59. The summed E-state index contributed by atoms with van der Waals surface area (Å²) in [5, 5.41) is 17.9. The Bertz CT molecular complexity index is 440. The van der Waals surface area contributed by atoms with Gasteiger partial charge in [0.2, 0.25) is 0 Å². The van der Waals surface area contributed by atoms with Crippen LogP contribution in [0.5, 0.6) is 11.5 Å². The maximum absolute atomic E-state index is 12.5. The number of carboxylic acid groups (broad SMARTS) is 1. The fraction of sp³-hybridized carbons (Fsp3) is 0.300. The van der Waals surface area contributed by atoms with Crippen LogP contribution in [0.15, 0.2) is 12.1 Å². The van der Waals surface area contributed by atoms with Crippen molar-refractivity contribution >= 4 is 5.97 Å². The molecule has 1 aromatic rings. The van der Waals surface area contributed by atoms with Crippen molar-refractivity contribution in [2.75, 3.05) is 7.11 Å². The van der Waals surface area contributed by atoms with Gasteiger partial charge in [-0.3, -0.25) is 4.79 Å². The lowest BCUT2D eigenvalue weighted by molar-refractivity contribution is -0.140. The van der Waals surface area contributed by atoms with E-state index in [9.17, 15) is 23.1 Å². The maximum Gasteiger partial charge on any atom is 0.420 e. The number of aliphatic carboxylic acids is 1. The molecule has 0 bridgehead atoms. The van der Waals surface area contributed by atoms with E-state index in [1.165, 1.54) is 0 Å². The largest absolute Gasteiger partial charge is 0.507 e. The highest BCUT2D eigenvalue weighted by Crippen LogP contribution is 2.40. The molecule has 0 aliphatic rings. The molecule has 0 amide bonds. The summed E-state index contributed by atoms with van der Waals surface area (Å²) in [5.41, 5.74) is -1.66. The number of aromatic hydroxyl groups is 1. The molecule has 0 fully saturated rings. The Morgan fingerprint density at radius 1 is 1.41 bits per heavy atom. The van der Waals surface area contributed by atoms with Gasteiger partial charge in [-0.05, 0) is 12.1 Å². The molecule has 1 rings (SSSR count). The Morgan fingerprint density at radius 2 is 2.00 bits per heavy atom. The number of hydrogen-bond donors (Lipinski definition) is 2. The lowest BCUT2D eigenvalue weighted by atomic mass is 10.0. The van der Waals surface area contributed by atoms with Crippen molar-refractivity contribution in [3.63, 3.8) is 0 Å². The van der Waals surface area contributed by atoms with Crippen LogP contribution in [0.2, 0.25) is 0 Å². The van der Waals surface area contributed by atoms with Gasteiger partial charge < -0.3 is 14.9 Å². The smallest absolute Gasteiger partial charge is 0.420 e. The van der Waals surface area contributed by atoms with Crippen molar-refractivity contribution in [1.82, 2.24) is 0 Å². The number of phenolic OH excluding ortho intramolecular Hbond substituents is 1. The van der Waals surface area contributed by atoms with Crippen molar-refractivity contribution in [3.05, 3.63) is 23.3 Å². The molecule has 4 nitrogen and oxygen atoms in total. The van der Waals surface area contributed by atoms with E-state index in [-0.39, 0.29) is 11.3 Å². The minimum atomic E-state index is -4.77. The highest BCUT2D eigenvalue weighted by atomic mass is 19.4. The van der Waals surface area contributed by atoms with Crippen LogP contribution in [0, 0.1) is 0 Å². The fourth-order valence-corrected chi connectivity index (χ4v) is 1.30.